The second kappa shape index (κ2) is 3.19. The van der Waals surface area contributed by atoms with E-state index in [1.54, 1.807) is 0 Å². The Balaban J connectivity index is 4.38. The Hall–Kier alpha value is -0.900. The highest BCUT2D eigenvalue weighted by Crippen LogP contribution is 1.94. The standard InChI is InChI=1S/C5H7NO2S/c1-3(9)4(2-6)5(7)8/h2H,6H2,1H3,(H,7,8). The van der Waals surface area contributed by atoms with Gasteiger partial charge in [0, 0.05) is 11.1 Å². The van der Waals surface area contributed by atoms with Crippen molar-refractivity contribution in [1.29, 1.82) is 0 Å². The molecular formula is C5H7NO2S. The molecule has 0 aromatic carbocycles. The van der Waals surface area contributed by atoms with Gasteiger partial charge in [-0.15, -0.1) is 0 Å². The number of nitrogens with two attached hydrogens (primary N) is 1. The number of rotatable bonds is 2. The molecule has 0 aromatic heterocycles. The van der Waals surface area contributed by atoms with E-state index in [9.17, 15) is 4.79 Å². The van der Waals surface area contributed by atoms with Crippen LogP contribution in [-0.2, 0) is 4.79 Å². The number of aliphatic carboxylic acids is 1. The van der Waals surface area contributed by atoms with Gasteiger partial charge >= 0.3 is 5.97 Å². The predicted molar refractivity (Wildman–Crippen MR) is 38.2 cm³/mol. The van der Waals surface area contributed by atoms with Crippen molar-refractivity contribution in [3.8, 4) is 0 Å². The van der Waals surface area contributed by atoms with Gasteiger partial charge in [-0.05, 0) is 6.92 Å². The average molecular weight is 145 g/mol. The fraction of sp³-hybridized carbons (Fsp3) is 0.200. The number of hydrogen-bond donors (Lipinski definition) is 2. The van der Waals surface area contributed by atoms with Crippen molar-refractivity contribution >= 4 is 23.1 Å². The smallest absolute Gasteiger partial charge is 0.338 e. The molecule has 0 amide bonds. The summed E-state index contributed by atoms with van der Waals surface area (Å²) in [5.74, 6) is -1.08. The van der Waals surface area contributed by atoms with Crippen molar-refractivity contribution in [2.24, 2.45) is 5.73 Å². The van der Waals surface area contributed by atoms with Crippen LogP contribution in [0, 0.1) is 0 Å². The van der Waals surface area contributed by atoms with E-state index in [1.807, 2.05) is 0 Å². The minimum atomic E-state index is -1.08. The first kappa shape index (κ1) is 8.10. The lowest BCUT2D eigenvalue weighted by molar-refractivity contribution is -0.132. The monoisotopic (exact) mass is 145 g/mol. The second-order valence-corrected chi connectivity index (χ2v) is 2.05. The Kier molecular flexibility index (Phi) is 2.87. The van der Waals surface area contributed by atoms with Crippen LogP contribution in [0.15, 0.2) is 11.8 Å². The number of hydrogen-bond acceptors (Lipinski definition) is 3. The largest absolute Gasteiger partial charge is 0.478 e. The summed E-state index contributed by atoms with van der Waals surface area (Å²) in [6.45, 7) is 1.52. The minimum absolute atomic E-state index is 0.00926. The molecule has 0 unspecified atom stereocenters. The molecule has 0 fully saturated rings. The zero-order valence-corrected chi connectivity index (χ0v) is 5.73. The summed E-state index contributed by atoms with van der Waals surface area (Å²) in [6, 6.07) is 0. The zero-order chi connectivity index (χ0) is 7.44. The van der Waals surface area contributed by atoms with Gasteiger partial charge in [0.25, 0.3) is 0 Å². The van der Waals surface area contributed by atoms with E-state index in [0.717, 1.165) is 6.20 Å². The Morgan fingerprint density at radius 1 is 1.78 bits per heavy atom. The van der Waals surface area contributed by atoms with Crippen LogP contribution in [0.2, 0.25) is 0 Å². The molecule has 0 rings (SSSR count). The summed E-state index contributed by atoms with van der Waals surface area (Å²) in [5.41, 5.74) is 4.94. The lowest BCUT2D eigenvalue weighted by Crippen LogP contribution is -2.08. The molecule has 0 saturated carbocycles. The normalized spacial score (nSPS) is 11.0. The van der Waals surface area contributed by atoms with Crippen molar-refractivity contribution in [1.82, 2.24) is 0 Å². The first-order valence-electron chi connectivity index (χ1n) is 2.25. The lowest BCUT2D eigenvalue weighted by Gasteiger charge is -1.93. The third-order valence-electron chi connectivity index (χ3n) is 0.776. The van der Waals surface area contributed by atoms with Gasteiger partial charge in [-0.1, -0.05) is 12.2 Å². The molecule has 0 aliphatic rings. The van der Waals surface area contributed by atoms with Crippen molar-refractivity contribution in [3.05, 3.63) is 11.8 Å². The molecule has 0 radical (unpaired) electrons. The summed E-state index contributed by atoms with van der Waals surface area (Å²) in [4.78, 5) is 10.4. The predicted octanol–water partition coefficient (Wildman–Crippen LogP) is 0.303. The number of carboxylic acids is 1. The molecule has 3 N–H and O–H groups in total. The van der Waals surface area contributed by atoms with Crippen LogP contribution in [0.1, 0.15) is 6.92 Å². The Morgan fingerprint density at radius 2 is 2.22 bits per heavy atom. The van der Waals surface area contributed by atoms with Crippen LogP contribution in [0.3, 0.4) is 0 Å². The van der Waals surface area contributed by atoms with Crippen LogP contribution in [0.5, 0.6) is 0 Å². The summed E-state index contributed by atoms with van der Waals surface area (Å²) >= 11 is 4.56. The average Bonchev–Trinajstić information content (AvgIpc) is 1.64. The first-order valence-corrected chi connectivity index (χ1v) is 2.66. The van der Waals surface area contributed by atoms with Gasteiger partial charge in [0.05, 0.1) is 5.57 Å². The van der Waals surface area contributed by atoms with E-state index in [0.29, 0.717) is 4.86 Å². The van der Waals surface area contributed by atoms with Gasteiger partial charge in [-0.25, -0.2) is 4.79 Å². The quantitative estimate of drug-likeness (QED) is 0.433. The van der Waals surface area contributed by atoms with E-state index >= 15 is 0 Å². The van der Waals surface area contributed by atoms with Gasteiger partial charge in [-0.3, -0.25) is 0 Å². The molecule has 0 saturated heterocycles. The molecule has 0 heterocycles. The summed E-state index contributed by atoms with van der Waals surface area (Å²) in [7, 11) is 0. The first-order chi connectivity index (χ1) is 4.09. The Labute approximate surface area is 58.2 Å². The maximum Gasteiger partial charge on any atom is 0.338 e. The Morgan fingerprint density at radius 3 is 2.22 bits per heavy atom. The van der Waals surface area contributed by atoms with Gasteiger partial charge in [0.15, 0.2) is 0 Å². The Bertz CT molecular complexity index is 158. The van der Waals surface area contributed by atoms with Gasteiger partial charge in [0.2, 0.25) is 0 Å². The summed E-state index contributed by atoms with van der Waals surface area (Å²) in [6.07, 6.45) is 0.991. The molecule has 50 valence electrons. The fourth-order valence-corrected chi connectivity index (χ4v) is 0.495. The molecular weight excluding hydrogens is 138 g/mol. The molecule has 0 aliphatic carbocycles. The van der Waals surface area contributed by atoms with Gasteiger partial charge in [-0.2, -0.15) is 0 Å². The fourth-order valence-electron chi connectivity index (χ4n) is 0.339. The number of carbonyl (C=O) groups is 1. The highest BCUT2D eigenvalue weighted by molar-refractivity contribution is 7.80. The molecule has 0 aromatic rings. The van der Waals surface area contributed by atoms with Crippen LogP contribution in [0.25, 0.3) is 0 Å². The van der Waals surface area contributed by atoms with E-state index in [1.165, 1.54) is 6.92 Å². The highest BCUT2D eigenvalue weighted by atomic mass is 32.1. The topological polar surface area (TPSA) is 63.3 Å². The molecule has 0 bridgehead atoms. The summed E-state index contributed by atoms with van der Waals surface area (Å²) < 4.78 is 0. The van der Waals surface area contributed by atoms with Crippen LogP contribution in [0.4, 0.5) is 0 Å². The maximum atomic E-state index is 10.1. The maximum absolute atomic E-state index is 10.1. The number of carboxylic acid groups (broad SMARTS) is 1. The SMILES string of the molecule is CC(=S)C(=CN)C(=O)O. The van der Waals surface area contributed by atoms with E-state index < -0.39 is 5.97 Å². The molecule has 0 aliphatic heterocycles. The van der Waals surface area contributed by atoms with Gasteiger partial charge in [0.1, 0.15) is 0 Å². The van der Waals surface area contributed by atoms with Crippen molar-refractivity contribution < 1.29 is 9.90 Å². The van der Waals surface area contributed by atoms with Crippen LogP contribution in [-0.4, -0.2) is 15.9 Å². The molecule has 4 heteroatoms. The van der Waals surface area contributed by atoms with Crippen molar-refractivity contribution in [2.45, 2.75) is 6.92 Å². The second-order valence-electron chi connectivity index (χ2n) is 1.44. The van der Waals surface area contributed by atoms with Crippen LogP contribution >= 0.6 is 12.2 Å². The third kappa shape index (κ3) is 2.23. The minimum Gasteiger partial charge on any atom is -0.478 e. The van der Waals surface area contributed by atoms with E-state index in [2.05, 4.69) is 12.2 Å². The van der Waals surface area contributed by atoms with Gasteiger partial charge < -0.3 is 10.8 Å². The lowest BCUT2D eigenvalue weighted by atomic mass is 10.2. The molecule has 3 nitrogen and oxygen atoms in total. The van der Waals surface area contributed by atoms with Crippen LogP contribution < -0.4 is 5.73 Å². The third-order valence-corrected chi connectivity index (χ3v) is 0.996. The summed E-state index contributed by atoms with van der Waals surface area (Å²) in [5, 5.41) is 8.31. The zero-order valence-electron chi connectivity index (χ0n) is 4.92. The van der Waals surface area contributed by atoms with Crippen molar-refractivity contribution in [3.63, 3.8) is 0 Å². The number of thiocarbonyl (C=S) groups is 1. The molecule has 9 heavy (non-hydrogen) atoms. The van der Waals surface area contributed by atoms with E-state index in [4.69, 9.17) is 10.8 Å². The van der Waals surface area contributed by atoms with E-state index in [-0.39, 0.29) is 5.57 Å². The highest BCUT2D eigenvalue weighted by Gasteiger charge is 2.06. The molecule has 0 atom stereocenters. The molecule has 0 spiro atoms. The van der Waals surface area contributed by atoms with Crippen molar-refractivity contribution in [2.75, 3.05) is 0 Å².